The van der Waals surface area contributed by atoms with Crippen molar-refractivity contribution in [3.05, 3.63) is 50.9 Å². The summed E-state index contributed by atoms with van der Waals surface area (Å²) in [6, 6.07) is 4.55. The summed E-state index contributed by atoms with van der Waals surface area (Å²) in [5.74, 6) is 0.122. The standard InChI is InChI=1S/C15H17N3O4/c1-8(2)14-13(10(4)17-22-14)15(19)16-11-6-5-7-12(9(11)3)18(20)21/h5-8H,1-4H3,(H,16,19). The minimum atomic E-state index is -0.477. The molecule has 116 valence electrons. The first-order chi connectivity index (χ1) is 10.3. The number of carbonyl (C=O) groups is 1. The first kappa shape index (κ1) is 15.7. The normalized spacial score (nSPS) is 10.8. The summed E-state index contributed by atoms with van der Waals surface area (Å²) in [5, 5.41) is 17.5. The summed E-state index contributed by atoms with van der Waals surface area (Å²) in [5.41, 5.74) is 1.63. The molecule has 0 unspecified atom stereocenters. The van der Waals surface area contributed by atoms with Crippen molar-refractivity contribution in [2.24, 2.45) is 0 Å². The Morgan fingerprint density at radius 2 is 2.05 bits per heavy atom. The molecule has 7 heteroatoms. The highest BCUT2D eigenvalue weighted by molar-refractivity contribution is 6.06. The molecule has 7 nitrogen and oxygen atoms in total. The van der Waals surface area contributed by atoms with E-state index < -0.39 is 4.92 Å². The van der Waals surface area contributed by atoms with Gasteiger partial charge in [-0.25, -0.2) is 0 Å². The summed E-state index contributed by atoms with van der Waals surface area (Å²) < 4.78 is 5.19. The fourth-order valence-corrected chi connectivity index (χ4v) is 2.20. The van der Waals surface area contributed by atoms with Gasteiger partial charge >= 0.3 is 0 Å². The molecule has 1 aromatic carbocycles. The number of aryl methyl sites for hydroxylation is 1. The van der Waals surface area contributed by atoms with Gasteiger partial charge in [0.1, 0.15) is 5.56 Å². The van der Waals surface area contributed by atoms with Crippen LogP contribution in [0.5, 0.6) is 0 Å². The highest BCUT2D eigenvalue weighted by Gasteiger charge is 2.24. The SMILES string of the molecule is Cc1noc(C(C)C)c1C(=O)Nc1cccc([N+](=O)[O-])c1C. The van der Waals surface area contributed by atoms with Gasteiger partial charge < -0.3 is 9.84 Å². The smallest absolute Gasteiger partial charge is 0.274 e. The van der Waals surface area contributed by atoms with E-state index in [9.17, 15) is 14.9 Å². The summed E-state index contributed by atoms with van der Waals surface area (Å²) in [4.78, 5) is 23.0. The van der Waals surface area contributed by atoms with Crippen LogP contribution in [0.4, 0.5) is 11.4 Å². The fourth-order valence-electron chi connectivity index (χ4n) is 2.20. The van der Waals surface area contributed by atoms with Crippen LogP contribution in [0.1, 0.15) is 47.1 Å². The molecule has 1 aromatic heterocycles. The van der Waals surface area contributed by atoms with Crippen LogP contribution in [0.25, 0.3) is 0 Å². The summed E-state index contributed by atoms with van der Waals surface area (Å²) in [7, 11) is 0. The van der Waals surface area contributed by atoms with Crippen molar-refractivity contribution >= 4 is 17.3 Å². The molecule has 0 radical (unpaired) electrons. The van der Waals surface area contributed by atoms with E-state index in [0.29, 0.717) is 28.3 Å². The third-order valence-corrected chi connectivity index (χ3v) is 3.39. The van der Waals surface area contributed by atoms with Crippen molar-refractivity contribution in [1.82, 2.24) is 5.16 Å². The molecular weight excluding hydrogens is 286 g/mol. The van der Waals surface area contributed by atoms with Crippen LogP contribution in [0.2, 0.25) is 0 Å². The summed E-state index contributed by atoms with van der Waals surface area (Å²) in [6.07, 6.45) is 0. The van der Waals surface area contributed by atoms with E-state index in [1.54, 1.807) is 19.9 Å². The number of aromatic nitrogens is 1. The Morgan fingerprint density at radius 3 is 2.64 bits per heavy atom. The molecule has 0 atom stereocenters. The molecule has 1 N–H and O–H groups in total. The Labute approximate surface area is 127 Å². The van der Waals surface area contributed by atoms with E-state index in [1.807, 2.05) is 13.8 Å². The number of rotatable bonds is 4. The van der Waals surface area contributed by atoms with Gasteiger partial charge in [-0.3, -0.25) is 14.9 Å². The average molecular weight is 303 g/mol. The van der Waals surface area contributed by atoms with E-state index in [-0.39, 0.29) is 17.5 Å². The zero-order valence-electron chi connectivity index (χ0n) is 12.8. The lowest BCUT2D eigenvalue weighted by Gasteiger charge is -2.09. The van der Waals surface area contributed by atoms with Gasteiger partial charge in [-0.2, -0.15) is 0 Å². The Hall–Kier alpha value is -2.70. The van der Waals surface area contributed by atoms with Crippen molar-refractivity contribution in [2.75, 3.05) is 5.32 Å². The van der Waals surface area contributed by atoms with Crippen LogP contribution in [0.15, 0.2) is 22.7 Å². The minimum Gasteiger partial charge on any atom is -0.360 e. The maximum absolute atomic E-state index is 12.5. The number of anilines is 1. The van der Waals surface area contributed by atoms with Crippen molar-refractivity contribution in [3.8, 4) is 0 Å². The predicted molar refractivity (Wildman–Crippen MR) is 81.1 cm³/mol. The van der Waals surface area contributed by atoms with E-state index in [4.69, 9.17) is 4.52 Å². The molecule has 0 spiro atoms. The van der Waals surface area contributed by atoms with Gasteiger partial charge in [0.25, 0.3) is 11.6 Å². The number of nitrogens with one attached hydrogen (secondary N) is 1. The van der Waals surface area contributed by atoms with E-state index in [0.717, 1.165) is 0 Å². The lowest BCUT2D eigenvalue weighted by molar-refractivity contribution is -0.385. The first-order valence-electron chi connectivity index (χ1n) is 6.84. The third-order valence-electron chi connectivity index (χ3n) is 3.39. The Kier molecular flexibility index (Phi) is 4.25. The second-order valence-electron chi connectivity index (χ2n) is 5.32. The van der Waals surface area contributed by atoms with Crippen molar-refractivity contribution in [1.29, 1.82) is 0 Å². The lowest BCUT2D eigenvalue weighted by Crippen LogP contribution is -2.15. The number of amides is 1. The maximum Gasteiger partial charge on any atom is 0.274 e. The van der Waals surface area contributed by atoms with Gasteiger partial charge in [-0.1, -0.05) is 25.1 Å². The van der Waals surface area contributed by atoms with E-state index in [2.05, 4.69) is 10.5 Å². The number of nitro benzene ring substituents is 1. The van der Waals surface area contributed by atoms with Crippen LogP contribution in [-0.4, -0.2) is 16.0 Å². The second-order valence-corrected chi connectivity index (χ2v) is 5.32. The molecule has 0 saturated carbocycles. The van der Waals surface area contributed by atoms with Crippen molar-refractivity contribution in [2.45, 2.75) is 33.6 Å². The molecule has 0 aliphatic rings. The van der Waals surface area contributed by atoms with E-state index in [1.165, 1.54) is 12.1 Å². The molecule has 0 bridgehead atoms. The minimum absolute atomic E-state index is 0.00755. The molecule has 1 amide bonds. The van der Waals surface area contributed by atoms with Gasteiger partial charge in [-0.15, -0.1) is 0 Å². The van der Waals surface area contributed by atoms with Gasteiger partial charge in [0, 0.05) is 12.0 Å². The molecule has 22 heavy (non-hydrogen) atoms. The molecule has 0 aliphatic heterocycles. The van der Waals surface area contributed by atoms with Crippen LogP contribution in [-0.2, 0) is 0 Å². The fraction of sp³-hybridized carbons (Fsp3) is 0.333. The largest absolute Gasteiger partial charge is 0.360 e. The molecule has 0 fully saturated rings. The topological polar surface area (TPSA) is 98.3 Å². The number of carbonyl (C=O) groups excluding carboxylic acids is 1. The molecule has 1 heterocycles. The van der Waals surface area contributed by atoms with Crippen molar-refractivity contribution < 1.29 is 14.2 Å². The summed E-state index contributed by atoms with van der Waals surface area (Å²) >= 11 is 0. The highest BCUT2D eigenvalue weighted by Crippen LogP contribution is 2.27. The quantitative estimate of drug-likeness (QED) is 0.687. The van der Waals surface area contributed by atoms with Crippen molar-refractivity contribution in [3.63, 3.8) is 0 Å². The van der Waals surface area contributed by atoms with Gasteiger partial charge in [0.15, 0.2) is 5.76 Å². The zero-order valence-corrected chi connectivity index (χ0v) is 12.8. The van der Waals surface area contributed by atoms with Gasteiger partial charge in [-0.05, 0) is 19.9 Å². The number of hydrogen-bond donors (Lipinski definition) is 1. The maximum atomic E-state index is 12.5. The average Bonchev–Trinajstić information content (AvgIpc) is 2.82. The number of nitro groups is 1. The zero-order chi connectivity index (χ0) is 16.4. The van der Waals surface area contributed by atoms with Crippen LogP contribution in [0.3, 0.4) is 0 Å². The second kappa shape index (κ2) is 5.97. The number of benzene rings is 1. The molecule has 0 aliphatic carbocycles. The number of nitrogens with zero attached hydrogens (tertiary/aromatic N) is 2. The van der Waals surface area contributed by atoms with Crippen LogP contribution < -0.4 is 5.32 Å². The Morgan fingerprint density at radius 1 is 1.36 bits per heavy atom. The van der Waals surface area contributed by atoms with Gasteiger partial charge in [0.2, 0.25) is 0 Å². The van der Waals surface area contributed by atoms with Gasteiger partial charge in [0.05, 0.1) is 21.9 Å². The number of hydrogen-bond acceptors (Lipinski definition) is 5. The summed E-state index contributed by atoms with van der Waals surface area (Å²) in [6.45, 7) is 7.08. The third kappa shape index (κ3) is 2.83. The molecule has 2 rings (SSSR count). The Bertz CT molecular complexity index is 734. The Balaban J connectivity index is 2.36. The molecule has 2 aromatic rings. The predicted octanol–water partition coefficient (Wildman–Crippen LogP) is 3.58. The first-order valence-corrected chi connectivity index (χ1v) is 6.84. The molecule has 0 saturated heterocycles. The monoisotopic (exact) mass is 303 g/mol. The van der Waals surface area contributed by atoms with Crippen LogP contribution in [0, 0.1) is 24.0 Å². The molecular formula is C15H17N3O4. The lowest BCUT2D eigenvalue weighted by atomic mass is 10.0. The highest BCUT2D eigenvalue weighted by atomic mass is 16.6. The van der Waals surface area contributed by atoms with Crippen LogP contribution >= 0.6 is 0 Å². The van der Waals surface area contributed by atoms with E-state index >= 15 is 0 Å².